The van der Waals surface area contributed by atoms with E-state index in [0.717, 1.165) is 66.2 Å². The van der Waals surface area contributed by atoms with E-state index < -0.39 is 0 Å². The minimum atomic E-state index is 0. The standard InChI is InChI=1S/C27H30N2O2.ClH/c1-19(2)25-9-4-5-10-27(25)31-24-11-12-26(22(15-24)18-30)21-13-14-29(16-21)17-23-8-6-7-20(3)28-23;/h4-12,15,18-19,21H,13-14,16-17H2,1-3H3;1H. The lowest BCUT2D eigenvalue weighted by Gasteiger charge is -2.18. The highest BCUT2D eigenvalue weighted by atomic mass is 35.5. The number of likely N-dealkylation sites (tertiary alicyclic amines) is 1. The third-order valence-corrected chi connectivity index (χ3v) is 6.00. The van der Waals surface area contributed by atoms with Crippen molar-refractivity contribution in [3.63, 3.8) is 0 Å². The van der Waals surface area contributed by atoms with Crippen LogP contribution in [0.3, 0.4) is 0 Å². The molecule has 1 fully saturated rings. The molecular weight excluding hydrogens is 420 g/mol. The SMILES string of the molecule is Cc1cccc(CN2CCC(c3ccc(Oc4ccccc4C(C)C)cc3C=O)C2)n1.Cl. The van der Waals surface area contributed by atoms with Gasteiger partial charge >= 0.3 is 0 Å². The van der Waals surface area contributed by atoms with Crippen LogP contribution in [0, 0.1) is 6.92 Å². The summed E-state index contributed by atoms with van der Waals surface area (Å²) in [5.74, 6) is 2.27. The van der Waals surface area contributed by atoms with Crippen LogP contribution in [-0.2, 0) is 6.54 Å². The van der Waals surface area contributed by atoms with Gasteiger partial charge in [0.2, 0.25) is 0 Å². The van der Waals surface area contributed by atoms with E-state index in [9.17, 15) is 4.79 Å². The average molecular weight is 451 g/mol. The van der Waals surface area contributed by atoms with Crippen LogP contribution < -0.4 is 4.74 Å². The summed E-state index contributed by atoms with van der Waals surface area (Å²) in [6.45, 7) is 9.13. The highest BCUT2D eigenvalue weighted by molar-refractivity contribution is 5.85. The van der Waals surface area contributed by atoms with Crippen LogP contribution in [-0.4, -0.2) is 29.3 Å². The molecule has 1 unspecified atom stereocenters. The number of nitrogens with zero attached hydrogens (tertiary/aromatic N) is 2. The summed E-state index contributed by atoms with van der Waals surface area (Å²) in [4.78, 5) is 18.9. The van der Waals surface area contributed by atoms with Gasteiger partial charge in [-0.1, -0.05) is 44.2 Å². The zero-order chi connectivity index (χ0) is 21.8. The summed E-state index contributed by atoms with van der Waals surface area (Å²) >= 11 is 0. The summed E-state index contributed by atoms with van der Waals surface area (Å²) < 4.78 is 6.16. The zero-order valence-corrected chi connectivity index (χ0v) is 19.8. The second-order valence-electron chi connectivity index (χ2n) is 8.69. The van der Waals surface area contributed by atoms with Crippen LogP contribution in [0.1, 0.15) is 65.0 Å². The summed E-state index contributed by atoms with van der Waals surface area (Å²) in [6.07, 6.45) is 2.00. The third-order valence-electron chi connectivity index (χ3n) is 6.00. The van der Waals surface area contributed by atoms with Gasteiger partial charge in [0.05, 0.1) is 5.69 Å². The van der Waals surface area contributed by atoms with Gasteiger partial charge in [0.15, 0.2) is 0 Å². The van der Waals surface area contributed by atoms with Crippen LogP contribution in [0.15, 0.2) is 60.7 Å². The van der Waals surface area contributed by atoms with E-state index in [1.807, 2.05) is 43.3 Å². The number of hydrogen-bond donors (Lipinski definition) is 0. The largest absolute Gasteiger partial charge is 0.457 e. The van der Waals surface area contributed by atoms with E-state index in [4.69, 9.17) is 4.74 Å². The van der Waals surface area contributed by atoms with Gasteiger partial charge in [-0.15, -0.1) is 12.4 Å². The van der Waals surface area contributed by atoms with Crippen molar-refractivity contribution in [2.24, 2.45) is 0 Å². The van der Waals surface area contributed by atoms with Gasteiger partial charge in [0, 0.05) is 24.3 Å². The fraction of sp³-hybridized carbons (Fsp3) is 0.333. The van der Waals surface area contributed by atoms with Crippen LogP contribution in [0.5, 0.6) is 11.5 Å². The molecular formula is C27H31ClN2O2. The van der Waals surface area contributed by atoms with E-state index >= 15 is 0 Å². The topological polar surface area (TPSA) is 42.4 Å². The second-order valence-corrected chi connectivity index (χ2v) is 8.69. The molecule has 4 nitrogen and oxygen atoms in total. The minimum Gasteiger partial charge on any atom is -0.457 e. The number of rotatable bonds is 7. The molecule has 3 aromatic rings. The molecule has 0 amide bonds. The first-order valence-electron chi connectivity index (χ1n) is 11.0. The van der Waals surface area contributed by atoms with Crippen molar-refractivity contribution < 1.29 is 9.53 Å². The highest BCUT2D eigenvalue weighted by Gasteiger charge is 2.26. The predicted molar refractivity (Wildman–Crippen MR) is 131 cm³/mol. The number of aldehydes is 1. The maximum atomic E-state index is 11.9. The number of benzene rings is 2. The Balaban J connectivity index is 0.00000289. The first-order chi connectivity index (χ1) is 15.0. The van der Waals surface area contributed by atoms with Crippen molar-refractivity contribution in [1.82, 2.24) is 9.88 Å². The van der Waals surface area contributed by atoms with Gasteiger partial charge in [-0.25, -0.2) is 0 Å². The maximum absolute atomic E-state index is 11.9. The smallest absolute Gasteiger partial charge is 0.150 e. The third kappa shape index (κ3) is 5.56. The average Bonchev–Trinajstić information content (AvgIpc) is 3.22. The molecule has 0 N–H and O–H groups in total. The Morgan fingerprint density at radius 1 is 1.12 bits per heavy atom. The quantitative estimate of drug-likeness (QED) is 0.384. The minimum absolute atomic E-state index is 0. The highest BCUT2D eigenvalue weighted by Crippen LogP contribution is 2.34. The van der Waals surface area contributed by atoms with Gasteiger partial charge < -0.3 is 4.74 Å². The fourth-order valence-corrected chi connectivity index (χ4v) is 4.41. The lowest BCUT2D eigenvalue weighted by molar-refractivity contribution is 0.112. The molecule has 5 heteroatoms. The molecule has 4 rings (SSSR count). The number of aromatic nitrogens is 1. The number of carbonyl (C=O) groups excluding carboxylic acids is 1. The van der Waals surface area contributed by atoms with Gasteiger partial charge in [-0.3, -0.25) is 14.7 Å². The second kappa shape index (κ2) is 10.8. The number of pyridine rings is 1. The van der Waals surface area contributed by atoms with Crippen molar-refractivity contribution in [2.75, 3.05) is 13.1 Å². The normalized spacial score (nSPS) is 16.1. The monoisotopic (exact) mass is 450 g/mol. The van der Waals surface area contributed by atoms with E-state index in [0.29, 0.717) is 17.6 Å². The Morgan fingerprint density at radius 3 is 2.69 bits per heavy atom. The first kappa shape index (κ1) is 24.0. The summed E-state index contributed by atoms with van der Waals surface area (Å²) in [7, 11) is 0. The van der Waals surface area contributed by atoms with E-state index in [-0.39, 0.29) is 12.4 Å². The van der Waals surface area contributed by atoms with Crippen LogP contribution in [0.2, 0.25) is 0 Å². The molecule has 0 aliphatic carbocycles. The fourth-order valence-electron chi connectivity index (χ4n) is 4.41. The molecule has 1 aromatic heterocycles. The lowest BCUT2D eigenvalue weighted by atomic mass is 9.94. The summed E-state index contributed by atoms with van der Waals surface area (Å²) in [6, 6.07) is 20.2. The van der Waals surface area contributed by atoms with E-state index in [1.54, 1.807) is 0 Å². The molecule has 2 aromatic carbocycles. The molecule has 1 aliphatic rings. The Bertz CT molecular complexity index is 1070. The number of carbonyl (C=O) groups is 1. The summed E-state index contributed by atoms with van der Waals surface area (Å²) in [5.41, 5.74) is 5.14. The number of ether oxygens (including phenoxy) is 1. The Kier molecular flexibility index (Phi) is 8.05. The van der Waals surface area contributed by atoms with Crippen molar-refractivity contribution in [3.05, 3.63) is 88.7 Å². The molecule has 0 spiro atoms. The Labute approximate surface area is 197 Å². The molecule has 0 radical (unpaired) electrons. The van der Waals surface area contributed by atoms with E-state index in [1.165, 1.54) is 0 Å². The van der Waals surface area contributed by atoms with Gasteiger partial charge in [-0.2, -0.15) is 0 Å². The lowest BCUT2D eigenvalue weighted by Crippen LogP contribution is -2.20. The molecule has 32 heavy (non-hydrogen) atoms. The molecule has 1 aliphatic heterocycles. The Hall–Kier alpha value is -2.69. The van der Waals surface area contributed by atoms with Gasteiger partial charge in [0.25, 0.3) is 0 Å². The van der Waals surface area contributed by atoms with Crippen LogP contribution in [0.4, 0.5) is 0 Å². The molecule has 1 saturated heterocycles. The van der Waals surface area contributed by atoms with Crippen molar-refractivity contribution in [3.8, 4) is 11.5 Å². The molecule has 1 atom stereocenters. The number of halogens is 1. The number of hydrogen-bond acceptors (Lipinski definition) is 4. The first-order valence-corrected chi connectivity index (χ1v) is 11.0. The molecule has 0 saturated carbocycles. The molecule has 168 valence electrons. The van der Waals surface area contributed by atoms with Crippen molar-refractivity contribution >= 4 is 18.7 Å². The van der Waals surface area contributed by atoms with Gasteiger partial charge in [0.1, 0.15) is 17.8 Å². The van der Waals surface area contributed by atoms with Crippen molar-refractivity contribution in [1.29, 1.82) is 0 Å². The number of aryl methyl sites for hydroxylation is 1. The van der Waals surface area contributed by atoms with Gasteiger partial charge in [-0.05, 0) is 73.2 Å². The summed E-state index contributed by atoms with van der Waals surface area (Å²) in [5, 5.41) is 0. The van der Waals surface area contributed by atoms with Crippen LogP contribution in [0.25, 0.3) is 0 Å². The number of para-hydroxylation sites is 1. The zero-order valence-electron chi connectivity index (χ0n) is 19.0. The predicted octanol–water partition coefficient (Wildman–Crippen LogP) is 6.53. The van der Waals surface area contributed by atoms with Crippen LogP contribution >= 0.6 is 12.4 Å². The van der Waals surface area contributed by atoms with E-state index in [2.05, 4.69) is 48.0 Å². The molecule has 2 heterocycles. The maximum Gasteiger partial charge on any atom is 0.150 e. The van der Waals surface area contributed by atoms with Crippen molar-refractivity contribution in [2.45, 2.75) is 45.6 Å². The molecule has 0 bridgehead atoms. The Morgan fingerprint density at radius 2 is 1.94 bits per heavy atom.